The number of hydrogen-bond donors (Lipinski definition) is 1. The van der Waals surface area contributed by atoms with Gasteiger partial charge in [0.05, 0.1) is 18.1 Å². The fourth-order valence-corrected chi connectivity index (χ4v) is 4.90. The molecule has 0 spiro atoms. The van der Waals surface area contributed by atoms with Crippen molar-refractivity contribution in [2.75, 3.05) is 38.2 Å². The van der Waals surface area contributed by atoms with Crippen LogP contribution >= 0.6 is 0 Å². The molecular formula is C27H26N2O7S. The van der Waals surface area contributed by atoms with E-state index in [1.165, 1.54) is 28.6 Å². The maximum Gasteiger partial charge on any atom is 0.331 e. The zero-order chi connectivity index (χ0) is 26.1. The first-order valence-electron chi connectivity index (χ1n) is 11.6. The molecular weight excluding hydrogens is 496 g/mol. The molecule has 1 amide bonds. The van der Waals surface area contributed by atoms with E-state index in [4.69, 9.17) is 14.2 Å². The van der Waals surface area contributed by atoms with Crippen molar-refractivity contribution >= 4 is 33.7 Å². The number of ether oxygens (including phenoxy) is 3. The molecule has 0 radical (unpaired) electrons. The smallest absolute Gasteiger partial charge is 0.331 e. The Kier molecular flexibility index (Phi) is 8.68. The van der Waals surface area contributed by atoms with Gasteiger partial charge in [-0.3, -0.25) is 4.79 Å². The van der Waals surface area contributed by atoms with Gasteiger partial charge >= 0.3 is 5.97 Å². The van der Waals surface area contributed by atoms with Crippen molar-refractivity contribution in [3.8, 4) is 11.5 Å². The third kappa shape index (κ3) is 7.50. The molecule has 0 saturated carbocycles. The Morgan fingerprint density at radius 2 is 1.62 bits per heavy atom. The fraction of sp³-hybridized carbons (Fsp3) is 0.185. The van der Waals surface area contributed by atoms with Crippen LogP contribution in [-0.2, 0) is 29.1 Å². The molecule has 1 saturated heterocycles. The molecule has 0 bridgehead atoms. The zero-order valence-electron chi connectivity index (χ0n) is 19.9. The Morgan fingerprint density at radius 3 is 2.35 bits per heavy atom. The van der Waals surface area contributed by atoms with Crippen molar-refractivity contribution in [3.05, 3.63) is 90.5 Å². The second-order valence-corrected chi connectivity index (χ2v) is 9.96. The third-order valence-corrected chi connectivity index (χ3v) is 7.25. The topological polar surface area (TPSA) is 111 Å². The zero-order valence-corrected chi connectivity index (χ0v) is 20.7. The van der Waals surface area contributed by atoms with Crippen LogP contribution in [0.25, 0.3) is 6.08 Å². The number of para-hydroxylation sites is 1. The van der Waals surface area contributed by atoms with Crippen molar-refractivity contribution in [3.63, 3.8) is 0 Å². The number of nitrogens with one attached hydrogen (secondary N) is 1. The van der Waals surface area contributed by atoms with Gasteiger partial charge < -0.3 is 19.5 Å². The van der Waals surface area contributed by atoms with Gasteiger partial charge in [0.25, 0.3) is 5.91 Å². The number of carbonyl (C=O) groups is 2. The summed E-state index contributed by atoms with van der Waals surface area (Å²) < 4.78 is 42.7. The molecule has 9 nitrogen and oxygen atoms in total. The summed E-state index contributed by atoms with van der Waals surface area (Å²) in [6, 6.07) is 22.2. The predicted octanol–water partition coefficient (Wildman–Crippen LogP) is 3.69. The first-order valence-corrected chi connectivity index (χ1v) is 13.0. The Balaban J connectivity index is 1.25. The minimum atomic E-state index is -3.59. The van der Waals surface area contributed by atoms with E-state index < -0.39 is 28.5 Å². The van der Waals surface area contributed by atoms with E-state index in [0.717, 1.165) is 0 Å². The van der Waals surface area contributed by atoms with Crippen LogP contribution in [-0.4, -0.2) is 57.5 Å². The second kappa shape index (κ2) is 12.3. The van der Waals surface area contributed by atoms with Gasteiger partial charge in [0.2, 0.25) is 10.0 Å². The molecule has 10 heteroatoms. The molecule has 1 fully saturated rings. The summed E-state index contributed by atoms with van der Waals surface area (Å²) in [5.74, 6) is 0.00496. The van der Waals surface area contributed by atoms with Crippen LogP contribution in [0.15, 0.2) is 89.8 Å². The molecule has 0 aliphatic carbocycles. The van der Waals surface area contributed by atoms with Crippen molar-refractivity contribution < 1.29 is 32.2 Å². The Hall–Kier alpha value is -3.99. The van der Waals surface area contributed by atoms with Gasteiger partial charge in [-0.25, -0.2) is 13.2 Å². The van der Waals surface area contributed by atoms with Crippen LogP contribution in [0.4, 0.5) is 5.69 Å². The van der Waals surface area contributed by atoms with Gasteiger partial charge in [0.1, 0.15) is 11.5 Å². The first kappa shape index (κ1) is 26.1. The summed E-state index contributed by atoms with van der Waals surface area (Å²) >= 11 is 0. The normalized spacial score (nSPS) is 14.3. The van der Waals surface area contributed by atoms with Gasteiger partial charge in [0, 0.05) is 30.9 Å². The molecule has 1 heterocycles. The Labute approximate surface area is 215 Å². The first-order chi connectivity index (χ1) is 17.9. The number of nitrogens with zero attached hydrogens (tertiary/aromatic N) is 1. The highest BCUT2D eigenvalue weighted by molar-refractivity contribution is 7.89. The van der Waals surface area contributed by atoms with Crippen LogP contribution in [0.1, 0.15) is 5.56 Å². The molecule has 0 aromatic heterocycles. The van der Waals surface area contributed by atoms with Crippen molar-refractivity contribution in [2.45, 2.75) is 4.90 Å². The number of benzene rings is 3. The van der Waals surface area contributed by atoms with Crippen molar-refractivity contribution in [2.24, 2.45) is 0 Å². The average Bonchev–Trinajstić information content (AvgIpc) is 2.92. The lowest BCUT2D eigenvalue weighted by Gasteiger charge is -2.26. The van der Waals surface area contributed by atoms with E-state index in [-0.39, 0.29) is 4.90 Å². The SMILES string of the molecule is O=C(COC(=O)C=Cc1ccc(S(=O)(=O)N2CCOCC2)cc1)Nc1cccc(Oc2ccccc2)c1. The molecule has 3 aromatic rings. The number of amides is 1. The molecule has 1 aliphatic heterocycles. The molecule has 37 heavy (non-hydrogen) atoms. The average molecular weight is 523 g/mol. The molecule has 0 unspecified atom stereocenters. The molecule has 4 rings (SSSR count). The molecule has 192 valence electrons. The predicted molar refractivity (Wildman–Crippen MR) is 138 cm³/mol. The van der Waals surface area contributed by atoms with Crippen LogP contribution in [0.3, 0.4) is 0 Å². The number of hydrogen-bond acceptors (Lipinski definition) is 7. The number of carbonyl (C=O) groups excluding carboxylic acids is 2. The number of rotatable bonds is 9. The number of morpholine rings is 1. The Bertz CT molecular complexity index is 1350. The minimum Gasteiger partial charge on any atom is -0.457 e. The summed E-state index contributed by atoms with van der Waals surface area (Å²) in [5, 5.41) is 2.66. The monoisotopic (exact) mass is 522 g/mol. The van der Waals surface area contributed by atoms with Gasteiger partial charge in [-0.05, 0) is 48.0 Å². The fourth-order valence-electron chi connectivity index (χ4n) is 3.50. The quantitative estimate of drug-likeness (QED) is 0.337. The number of anilines is 1. The molecule has 1 N–H and O–H groups in total. The van der Waals surface area contributed by atoms with Gasteiger partial charge in [-0.2, -0.15) is 4.31 Å². The maximum atomic E-state index is 12.7. The lowest BCUT2D eigenvalue weighted by Crippen LogP contribution is -2.40. The largest absolute Gasteiger partial charge is 0.457 e. The summed E-state index contributed by atoms with van der Waals surface area (Å²) in [5.41, 5.74) is 1.11. The minimum absolute atomic E-state index is 0.170. The molecule has 1 aliphatic rings. The highest BCUT2D eigenvalue weighted by atomic mass is 32.2. The highest BCUT2D eigenvalue weighted by Gasteiger charge is 2.25. The Morgan fingerprint density at radius 1 is 0.919 bits per heavy atom. The second-order valence-electron chi connectivity index (χ2n) is 8.02. The van der Waals surface area contributed by atoms with Crippen molar-refractivity contribution in [1.29, 1.82) is 0 Å². The van der Waals surface area contributed by atoms with Gasteiger partial charge in [-0.15, -0.1) is 0 Å². The number of esters is 1. The maximum absolute atomic E-state index is 12.7. The summed E-state index contributed by atoms with van der Waals surface area (Å²) in [4.78, 5) is 24.4. The van der Waals surface area contributed by atoms with E-state index >= 15 is 0 Å². The van der Waals surface area contributed by atoms with Crippen LogP contribution in [0.2, 0.25) is 0 Å². The highest BCUT2D eigenvalue weighted by Crippen LogP contribution is 2.24. The van der Waals surface area contributed by atoms with Gasteiger partial charge in [0.15, 0.2) is 6.61 Å². The van der Waals surface area contributed by atoms with E-state index in [9.17, 15) is 18.0 Å². The lowest BCUT2D eigenvalue weighted by molar-refractivity contribution is -0.142. The van der Waals surface area contributed by atoms with E-state index in [1.807, 2.05) is 30.3 Å². The van der Waals surface area contributed by atoms with Crippen LogP contribution in [0.5, 0.6) is 11.5 Å². The third-order valence-electron chi connectivity index (χ3n) is 5.34. The summed E-state index contributed by atoms with van der Waals surface area (Å²) in [6.45, 7) is 0.904. The van der Waals surface area contributed by atoms with E-state index in [0.29, 0.717) is 49.1 Å². The lowest BCUT2D eigenvalue weighted by atomic mass is 10.2. The van der Waals surface area contributed by atoms with Crippen LogP contribution < -0.4 is 10.1 Å². The van der Waals surface area contributed by atoms with Crippen LogP contribution in [0, 0.1) is 0 Å². The summed E-state index contributed by atoms with van der Waals surface area (Å²) in [6.07, 6.45) is 2.66. The van der Waals surface area contributed by atoms with E-state index in [1.54, 1.807) is 36.4 Å². The van der Waals surface area contributed by atoms with Crippen molar-refractivity contribution in [1.82, 2.24) is 4.31 Å². The number of sulfonamides is 1. The summed E-state index contributed by atoms with van der Waals surface area (Å²) in [7, 11) is -3.59. The van der Waals surface area contributed by atoms with Gasteiger partial charge in [-0.1, -0.05) is 36.4 Å². The standard InChI is InChI=1S/C27H26N2O7S/c30-26(28-22-5-4-8-24(19-22)36-23-6-2-1-3-7-23)20-35-27(31)14-11-21-9-12-25(13-10-21)37(32,33)29-15-17-34-18-16-29/h1-14,19H,15-18,20H2,(H,28,30). The molecule has 3 aromatic carbocycles. The van der Waals surface area contributed by atoms with E-state index in [2.05, 4.69) is 5.32 Å². The molecule has 0 atom stereocenters.